The summed E-state index contributed by atoms with van der Waals surface area (Å²) in [5.41, 5.74) is 4.70. The van der Waals surface area contributed by atoms with Crippen LogP contribution in [0.2, 0.25) is 0 Å². The fourth-order valence-electron chi connectivity index (χ4n) is 3.00. The molecule has 122 valence electrons. The van der Waals surface area contributed by atoms with Crippen molar-refractivity contribution in [3.05, 3.63) is 58.9 Å². The summed E-state index contributed by atoms with van der Waals surface area (Å²) in [5.74, 6) is -0.0207. The lowest BCUT2D eigenvalue weighted by molar-refractivity contribution is 0.0746. The van der Waals surface area contributed by atoms with Crippen LogP contribution in [0.15, 0.2) is 36.5 Å². The Bertz CT molecular complexity index is 784. The molecule has 1 aromatic carbocycles. The fraction of sp³-hybridized carbons (Fsp3) is 0.316. The molecule has 3 rings (SSSR count). The highest BCUT2D eigenvalue weighted by Crippen LogP contribution is 2.24. The number of piperazine rings is 1. The topological polar surface area (TPSA) is 60.2 Å². The molecule has 1 amide bonds. The molecule has 5 heteroatoms. The number of aryl methyl sites for hydroxylation is 1. The number of amides is 1. The third-order valence-corrected chi connectivity index (χ3v) is 4.61. The van der Waals surface area contributed by atoms with Gasteiger partial charge in [-0.05, 0) is 43.2 Å². The second-order valence-corrected chi connectivity index (χ2v) is 6.04. The van der Waals surface area contributed by atoms with Gasteiger partial charge in [0.2, 0.25) is 0 Å². The van der Waals surface area contributed by atoms with E-state index in [1.165, 1.54) is 23.0 Å². The maximum absolute atomic E-state index is 12.5. The van der Waals surface area contributed by atoms with Crippen molar-refractivity contribution in [3.63, 3.8) is 0 Å². The average Bonchev–Trinajstić information content (AvgIpc) is 2.64. The van der Waals surface area contributed by atoms with Crippen LogP contribution in [-0.2, 0) is 0 Å². The van der Waals surface area contributed by atoms with Gasteiger partial charge >= 0.3 is 0 Å². The van der Waals surface area contributed by atoms with E-state index in [0.717, 1.165) is 13.1 Å². The Morgan fingerprint density at radius 1 is 1.12 bits per heavy atom. The lowest BCUT2D eigenvalue weighted by Crippen LogP contribution is -2.49. The molecular formula is C19H20N4O. The number of benzene rings is 1. The van der Waals surface area contributed by atoms with Crippen molar-refractivity contribution in [2.75, 3.05) is 31.1 Å². The van der Waals surface area contributed by atoms with Gasteiger partial charge in [-0.15, -0.1) is 0 Å². The molecule has 1 saturated heterocycles. The summed E-state index contributed by atoms with van der Waals surface area (Å²) in [6.45, 7) is 7.28. The molecule has 2 heterocycles. The number of anilines is 1. The molecule has 0 aliphatic carbocycles. The Labute approximate surface area is 142 Å². The van der Waals surface area contributed by atoms with Crippen LogP contribution < -0.4 is 4.90 Å². The third-order valence-electron chi connectivity index (χ3n) is 4.61. The number of aromatic nitrogens is 1. The zero-order chi connectivity index (χ0) is 17.1. The number of nitriles is 1. The first-order chi connectivity index (χ1) is 11.6. The molecule has 0 N–H and O–H groups in total. The van der Waals surface area contributed by atoms with Crippen molar-refractivity contribution in [2.45, 2.75) is 13.8 Å². The van der Waals surface area contributed by atoms with Crippen LogP contribution in [0.3, 0.4) is 0 Å². The molecule has 24 heavy (non-hydrogen) atoms. The van der Waals surface area contributed by atoms with E-state index >= 15 is 0 Å². The molecule has 0 unspecified atom stereocenters. The van der Waals surface area contributed by atoms with E-state index < -0.39 is 0 Å². The number of hydrogen-bond donors (Lipinski definition) is 0. The quantitative estimate of drug-likeness (QED) is 0.853. The van der Waals surface area contributed by atoms with Crippen LogP contribution in [0, 0.1) is 25.2 Å². The predicted molar refractivity (Wildman–Crippen MR) is 93.0 cm³/mol. The van der Waals surface area contributed by atoms with Gasteiger partial charge in [0.05, 0.1) is 5.56 Å². The summed E-state index contributed by atoms with van der Waals surface area (Å²) in [5, 5.41) is 8.78. The molecule has 1 aromatic heterocycles. The second-order valence-electron chi connectivity index (χ2n) is 6.04. The minimum absolute atomic E-state index is 0.0207. The van der Waals surface area contributed by atoms with Gasteiger partial charge in [0.1, 0.15) is 11.8 Å². The van der Waals surface area contributed by atoms with Gasteiger partial charge in [-0.2, -0.15) is 5.26 Å². The minimum Gasteiger partial charge on any atom is -0.368 e. The average molecular weight is 320 g/mol. The van der Waals surface area contributed by atoms with E-state index in [0.29, 0.717) is 24.3 Å². The first-order valence-corrected chi connectivity index (χ1v) is 8.07. The molecule has 0 saturated carbocycles. The molecule has 0 radical (unpaired) electrons. The summed E-state index contributed by atoms with van der Waals surface area (Å²) in [6.07, 6.45) is 1.48. The van der Waals surface area contributed by atoms with Crippen LogP contribution in [0.4, 0.5) is 5.69 Å². The van der Waals surface area contributed by atoms with Crippen LogP contribution in [0.25, 0.3) is 0 Å². The largest absolute Gasteiger partial charge is 0.368 e. The van der Waals surface area contributed by atoms with Crippen molar-refractivity contribution >= 4 is 11.6 Å². The molecule has 1 aliphatic heterocycles. The number of carbonyl (C=O) groups is 1. The lowest BCUT2D eigenvalue weighted by atomic mass is 10.1. The first-order valence-electron chi connectivity index (χ1n) is 8.07. The van der Waals surface area contributed by atoms with Gasteiger partial charge < -0.3 is 9.80 Å². The Morgan fingerprint density at radius 2 is 1.88 bits per heavy atom. The van der Waals surface area contributed by atoms with Gasteiger partial charge in [-0.1, -0.05) is 12.1 Å². The van der Waals surface area contributed by atoms with Gasteiger partial charge in [0.25, 0.3) is 5.91 Å². The summed E-state index contributed by atoms with van der Waals surface area (Å²) in [7, 11) is 0. The van der Waals surface area contributed by atoms with Gasteiger partial charge in [0.15, 0.2) is 0 Å². The standard InChI is InChI=1S/C19H20N4O/c1-14-4-3-5-18(15(14)2)22-8-10-23(11-9-22)19(24)16-6-7-17(12-20)21-13-16/h3-7,13H,8-11H2,1-2H3. The number of rotatable bonds is 2. The van der Waals surface area contributed by atoms with E-state index in [1.54, 1.807) is 12.1 Å². The monoisotopic (exact) mass is 320 g/mol. The lowest BCUT2D eigenvalue weighted by Gasteiger charge is -2.37. The fourth-order valence-corrected chi connectivity index (χ4v) is 3.00. The summed E-state index contributed by atoms with van der Waals surface area (Å²) in [6, 6.07) is 11.6. The smallest absolute Gasteiger partial charge is 0.255 e. The Morgan fingerprint density at radius 3 is 2.50 bits per heavy atom. The predicted octanol–water partition coefficient (Wildman–Crippen LogP) is 2.53. The highest BCUT2D eigenvalue weighted by molar-refractivity contribution is 5.94. The normalized spacial score (nSPS) is 14.4. The molecule has 0 spiro atoms. The summed E-state index contributed by atoms with van der Waals surface area (Å²) >= 11 is 0. The maximum atomic E-state index is 12.5. The highest BCUT2D eigenvalue weighted by Gasteiger charge is 2.23. The van der Waals surface area contributed by atoms with Gasteiger partial charge in [0, 0.05) is 38.1 Å². The molecule has 5 nitrogen and oxygen atoms in total. The first kappa shape index (κ1) is 16.0. The number of pyridine rings is 1. The van der Waals surface area contributed by atoms with Gasteiger partial charge in [-0.25, -0.2) is 4.98 Å². The number of nitrogens with zero attached hydrogens (tertiary/aromatic N) is 4. The van der Waals surface area contributed by atoms with Crippen molar-refractivity contribution in [1.82, 2.24) is 9.88 Å². The Kier molecular flexibility index (Phi) is 4.48. The van der Waals surface area contributed by atoms with E-state index in [1.807, 2.05) is 11.0 Å². The van der Waals surface area contributed by atoms with Crippen LogP contribution in [-0.4, -0.2) is 42.0 Å². The van der Waals surface area contributed by atoms with E-state index in [-0.39, 0.29) is 5.91 Å². The van der Waals surface area contributed by atoms with Crippen LogP contribution in [0.5, 0.6) is 0 Å². The number of carbonyl (C=O) groups excluding carboxylic acids is 1. The molecular weight excluding hydrogens is 300 g/mol. The van der Waals surface area contributed by atoms with E-state index in [9.17, 15) is 4.79 Å². The number of hydrogen-bond acceptors (Lipinski definition) is 4. The van der Waals surface area contributed by atoms with Gasteiger partial charge in [-0.3, -0.25) is 4.79 Å². The summed E-state index contributed by atoms with van der Waals surface area (Å²) in [4.78, 5) is 20.7. The van der Waals surface area contributed by atoms with E-state index in [2.05, 4.69) is 41.9 Å². The minimum atomic E-state index is -0.0207. The zero-order valence-corrected chi connectivity index (χ0v) is 14.0. The highest BCUT2D eigenvalue weighted by atomic mass is 16.2. The zero-order valence-electron chi connectivity index (χ0n) is 14.0. The van der Waals surface area contributed by atoms with Crippen LogP contribution in [0.1, 0.15) is 27.2 Å². The Hall–Kier alpha value is -2.87. The van der Waals surface area contributed by atoms with Crippen molar-refractivity contribution in [1.29, 1.82) is 5.26 Å². The SMILES string of the molecule is Cc1cccc(N2CCN(C(=O)c3ccc(C#N)nc3)CC2)c1C. The Balaban J connectivity index is 1.67. The van der Waals surface area contributed by atoms with Crippen molar-refractivity contribution in [2.24, 2.45) is 0 Å². The van der Waals surface area contributed by atoms with Crippen molar-refractivity contribution in [3.8, 4) is 6.07 Å². The molecule has 1 aliphatic rings. The van der Waals surface area contributed by atoms with Crippen LogP contribution >= 0.6 is 0 Å². The summed E-state index contributed by atoms with van der Waals surface area (Å²) < 4.78 is 0. The molecule has 1 fully saturated rings. The van der Waals surface area contributed by atoms with Crippen molar-refractivity contribution < 1.29 is 4.79 Å². The molecule has 0 bridgehead atoms. The molecule has 2 aromatic rings. The second kappa shape index (κ2) is 6.71. The van der Waals surface area contributed by atoms with E-state index in [4.69, 9.17) is 5.26 Å². The molecule has 0 atom stereocenters. The maximum Gasteiger partial charge on any atom is 0.255 e. The third kappa shape index (κ3) is 3.09.